The maximum absolute atomic E-state index is 13.5. The van der Waals surface area contributed by atoms with E-state index in [2.05, 4.69) is 15.0 Å². The molecule has 114 valence electrons. The molecule has 0 radical (unpaired) electrons. The molecule has 1 heterocycles. The van der Waals surface area contributed by atoms with Crippen LogP contribution in [0.5, 0.6) is 0 Å². The van der Waals surface area contributed by atoms with Gasteiger partial charge in [-0.25, -0.2) is 17.5 Å². The lowest BCUT2D eigenvalue weighted by atomic mass is 10.2. The van der Waals surface area contributed by atoms with Crippen LogP contribution in [0.2, 0.25) is 5.02 Å². The molecule has 2 N–H and O–H groups in total. The van der Waals surface area contributed by atoms with E-state index in [1.165, 1.54) is 10.9 Å². The van der Waals surface area contributed by atoms with Crippen molar-refractivity contribution < 1.29 is 17.9 Å². The molecule has 10 heteroatoms. The van der Waals surface area contributed by atoms with Crippen LogP contribution in [0.15, 0.2) is 29.4 Å². The molecule has 0 aliphatic carbocycles. The fraction of sp³-hybridized carbons (Fsp3) is 0.273. The summed E-state index contributed by atoms with van der Waals surface area (Å²) in [6.45, 7) is -0.218. The van der Waals surface area contributed by atoms with Gasteiger partial charge in [-0.2, -0.15) is 0 Å². The number of aliphatic hydroxyl groups is 1. The SMILES string of the molecule is O=S(=O)(NCCn1ccnn1)c1cc(F)c(Cl)c(CO)c1. The largest absolute Gasteiger partial charge is 0.392 e. The molecular weight excluding hydrogens is 323 g/mol. The summed E-state index contributed by atoms with van der Waals surface area (Å²) in [4.78, 5) is -0.299. The van der Waals surface area contributed by atoms with Crippen molar-refractivity contribution in [1.82, 2.24) is 19.7 Å². The van der Waals surface area contributed by atoms with Crippen LogP contribution in [-0.4, -0.2) is 35.1 Å². The van der Waals surface area contributed by atoms with Crippen LogP contribution in [0.25, 0.3) is 0 Å². The summed E-state index contributed by atoms with van der Waals surface area (Å²) in [5.41, 5.74) is 0.00770. The van der Waals surface area contributed by atoms with Crippen LogP contribution in [0.3, 0.4) is 0 Å². The average Bonchev–Trinajstić information content (AvgIpc) is 2.94. The minimum atomic E-state index is -3.91. The number of aromatic nitrogens is 3. The number of nitrogens with one attached hydrogen (secondary N) is 1. The highest BCUT2D eigenvalue weighted by molar-refractivity contribution is 7.89. The first-order valence-corrected chi connectivity index (χ1v) is 7.72. The van der Waals surface area contributed by atoms with Crippen molar-refractivity contribution in [3.8, 4) is 0 Å². The molecule has 0 saturated heterocycles. The maximum atomic E-state index is 13.5. The lowest BCUT2D eigenvalue weighted by Gasteiger charge is -2.09. The van der Waals surface area contributed by atoms with Crippen molar-refractivity contribution in [2.75, 3.05) is 6.54 Å². The zero-order valence-corrected chi connectivity index (χ0v) is 12.3. The smallest absolute Gasteiger partial charge is 0.240 e. The minimum Gasteiger partial charge on any atom is -0.392 e. The number of halogens is 2. The van der Waals surface area contributed by atoms with E-state index in [4.69, 9.17) is 16.7 Å². The molecule has 0 fully saturated rings. The molecule has 0 aliphatic rings. The normalized spacial score (nSPS) is 11.8. The molecule has 0 bridgehead atoms. The number of nitrogens with zero attached hydrogens (tertiary/aromatic N) is 3. The lowest BCUT2D eigenvalue weighted by Crippen LogP contribution is -2.27. The predicted molar refractivity (Wildman–Crippen MR) is 72.5 cm³/mol. The average molecular weight is 335 g/mol. The fourth-order valence-electron chi connectivity index (χ4n) is 1.62. The highest BCUT2D eigenvalue weighted by Gasteiger charge is 2.18. The highest BCUT2D eigenvalue weighted by atomic mass is 35.5. The van der Waals surface area contributed by atoms with Gasteiger partial charge in [0.15, 0.2) is 0 Å². The van der Waals surface area contributed by atoms with E-state index in [-0.39, 0.29) is 28.6 Å². The zero-order chi connectivity index (χ0) is 15.5. The second-order valence-electron chi connectivity index (χ2n) is 4.10. The second kappa shape index (κ2) is 6.48. The fourth-order valence-corrected chi connectivity index (χ4v) is 2.87. The van der Waals surface area contributed by atoms with E-state index in [1.807, 2.05) is 0 Å². The van der Waals surface area contributed by atoms with Crippen molar-refractivity contribution in [2.24, 2.45) is 0 Å². The van der Waals surface area contributed by atoms with E-state index in [0.717, 1.165) is 12.1 Å². The van der Waals surface area contributed by atoms with E-state index < -0.39 is 22.4 Å². The zero-order valence-electron chi connectivity index (χ0n) is 10.7. The number of rotatable bonds is 6. The Hall–Kier alpha value is -1.55. The Balaban J connectivity index is 2.13. The van der Waals surface area contributed by atoms with E-state index in [0.29, 0.717) is 0 Å². The van der Waals surface area contributed by atoms with Gasteiger partial charge in [-0.1, -0.05) is 16.8 Å². The van der Waals surface area contributed by atoms with Gasteiger partial charge in [0.25, 0.3) is 0 Å². The maximum Gasteiger partial charge on any atom is 0.240 e. The van der Waals surface area contributed by atoms with E-state index in [9.17, 15) is 12.8 Å². The molecule has 0 spiro atoms. The van der Waals surface area contributed by atoms with Gasteiger partial charge >= 0.3 is 0 Å². The van der Waals surface area contributed by atoms with E-state index >= 15 is 0 Å². The third kappa shape index (κ3) is 3.76. The Morgan fingerprint density at radius 1 is 1.43 bits per heavy atom. The van der Waals surface area contributed by atoms with Gasteiger partial charge in [-0.05, 0) is 12.1 Å². The van der Waals surface area contributed by atoms with Gasteiger partial charge in [-0.15, -0.1) is 5.10 Å². The van der Waals surface area contributed by atoms with Crippen LogP contribution in [0.1, 0.15) is 5.56 Å². The van der Waals surface area contributed by atoms with Crippen molar-refractivity contribution in [1.29, 1.82) is 0 Å². The molecule has 0 atom stereocenters. The van der Waals surface area contributed by atoms with Crippen LogP contribution >= 0.6 is 11.6 Å². The number of hydrogen-bond acceptors (Lipinski definition) is 5. The van der Waals surface area contributed by atoms with Gasteiger partial charge in [0.05, 0.1) is 29.3 Å². The lowest BCUT2D eigenvalue weighted by molar-refractivity contribution is 0.281. The van der Waals surface area contributed by atoms with Crippen LogP contribution in [0, 0.1) is 5.82 Å². The topological polar surface area (TPSA) is 97.1 Å². The molecular formula is C11H12ClFN4O3S. The molecule has 0 unspecified atom stereocenters. The third-order valence-electron chi connectivity index (χ3n) is 2.66. The molecule has 1 aromatic carbocycles. The van der Waals surface area contributed by atoms with Gasteiger partial charge in [-0.3, -0.25) is 4.68 Å². The Labute approximate surface area is 125 Å². The molecule has 0 aliphatic heterocycles. The molecule has 2 rings (SSSR count). The summed E-state index contributed by atoms with van der Waals surface area (Å²) in [6.07, 6.45) is 3.05. The second-order valence-corrected chi connectivity index (χ2v) is 6.25. The number of benzene rings is 1. The van der Waals surface area contributed by atoms with Gasteiger partial charge in [0.1, 0.15) is 5.82 Å². The molecule has 7 nitrogen and oxygen atoms in total. The molecule has 0 amide bonds. The standard InChI is InChI=1S/C11H12ClFN4O3S/c12-11-8(7-18)5-9(6-10(11)13)21(19,20)15-2-4-17-3-1-14-16-17/h1,3,5-6,15,18H,2,4,7H2. The third-order valence-corrected chi connectivity index (χ3v) is 4.53. The van der Waals surface area contributed by atoms with Gasteiger partial charge in [0, 0.05) is 18.3 Å². The van der Waals surface area contributed by atoms with Crippen molar-refractivity contribution in [3.63, 3.8) is 0 Å². The van der Waals surface area contributed by atoms with Crippen LogP contribution < -0.4 is 4.72 Å². The summed E-state index contributed by atoms with van der Waals surface area (Å²) in [5, 5.41) is 16.0. The number of aliphatic hydroxyl groups excluding tert-OH is 1. The van der Waals surface area contributed by atoms with Gasteiger partial charge in [0.2, 0.25) is 10.0 Å². The van der Waals surface area contributed by atoms with Crippen molar-refractivity contribution >= 4 is 21.6 Å². The molecule has 0 saturated carbocycles. The molecule has 21 heavy (non-hydrogen) atoms. The highest BCUT2D eigenvalue weighted by Crippen LogP contribution is 2.24. The van der Waals surface area contributed by atoms with Gasteiger partial charge < -0.3 is 5.11 Å². The Kier molecular flexibility index (Phi) is 4.88. The van der Waals surface area contributed by atoms with E-state index in [1.54, 1.807) is 6.20 Å². The minimum absolute atomic E-state index is 0.00770. The summed E-state index contributed by atoms with van der Waals surface area (Å²) in [5.74, 6) is -0.903. The monoisotopic (exact) mass is 334 g/mol. The summed E-state index contributed by atoms with van der Waals surface area (Å²) in [7, 11) is -3.91. The first-order chi connectivity index (χ1) is 9.94. The summed E-state index contributed by atoms with van der Waals surface area (Å²) < 4.78 is 41.4. The molecule has 2 aromatic rings. The molecule has 1 aromatic heterocycles. The number of hydrogen-bond donors (Lipinski definition) is 2. The van der Waals surface area contributed by atoms with Crippen molar-refractivity contribution in [3.05, 3.63) is 40.9 Å². The predicted octanol–water partition coefficient (Wildman–Crippen LogP) is 0.541. The summed E-state index contributed by atoms with van der Waals surface area (Å²) >= 11 is 5.62. The summed E-state index contributed by atoms with van der Waals surface area (Å²) in [6, 6.07) is 1.93. The van der Waals surface area contributed by atoms with Crippen molar-refractivity contribution in [2.45, 2.75) is 18.0 Å². The van der Waals surface area contributed by atoms with Crippen LogP contribution in [0.4, 0.5) is 4.39 Å². The Morgan fingerprint density at radius 2 is 2.19 bits per heavy atom. The van der Waals surface area contributed by atoms with Crippen LogP contribution in [-0.2, 0) is 23.2 Å². The Morgan fingerprint density at radius 3 is 2.81 bits per heavy atom. The first-order valence-electron chi connectivity index (χ1n) is 5.86. The quantitative estimate of drug-likeness (QED) is 0.803. The Bertz CT molecular complexity index is 721. The number of sulfonamides is 1. The first kappa shape index (κ1) is 15.8.